The second-order valence-electron chi connectivity index (χ2n) is 3.80. The lowest BCUT2D eigenvalue weighted by Crippen LogP contribution is -2.43. The molecular formula is C11H22N2O4. The molecule has 1 atom stereocenters. The lowest BCUT2D eigenvalue weighted by Gasteiger charge is -2.15. The van der Waals surface area contributed by atoms with Gasteiger partial charge in [-0.3, -0.25) is 4.79 Å². The number of carboxylic acids is 1. The molecule has 0 fully saturated rings. The fraction of sp³-hybridized carbons (Fsp3) is 0.818. The standard InChI is InChI=1S/C11H22N2O4/c1-3-9(8-10(14)15)13-11(16)12-6-4-5-7-17-2/h9H,3-8H2,1-2H3,(H,14,15)(H2,12,13,16). The van der Waals surface area contributed by atoms with E-state index in [2.05, 4.69) is 10.6 Å². The van der Waals surface area contributed by atoms with Crippen LogP contribution in [-0.4, -0.2) is 43.4 Å². The Hall–Kier alpha value is -1.30. The van der Waals surface area contributed by atoms with Crippen molar-refractivity contribution in [3.05, 3.63) is 0 Å². The highest BCUT2D eigenvalue weighted by Gasteiger charge is 2.13. The summed E-state index contributed by atoms with van der Waals surface area (Å²) in [5, 5.41) is 13.9. The number of hydrogen-bond acceptors (Lipinski definition) is 3. The predicted molar refractivity (Wildman–Crippen MR) is 64.0 cm³/mol. The largest absolute Gasteiger partial charge is 0.481 e. The Kier molecular flexibility index (Phi) is 9.14. The number of rotatable bonds is 9. The van der Waals surface area contributed by atoms with Crippen molar-refractivity contribution < 1.29 is 19.4 Å². The van der Waals surface area contributed by atoms with Gasteiger partial charge in [0.25, 0.3) is 0 Å². The summed E-state index contributed by atoms with van der Waals surface area (Å²) in [7, 11) is 1.64. The van der Waals surface area contributed by atoms with Crippen LogP contribution in [0.15, 0.2) is 0 Å². The Labute approximate surface area is 102 Å². The van der Waals surface area contributed by atoms with Crippen LogP contribution in [-0.2, 0) is 9.53 Å². The summed E-state index contributed by atoms with van der Waals surface area (Å²) in [6, 6.07) is -0.623. The van der Waals surface area contributed by atoms with E-state index in [0.29, 0.717) is 19.6 Å². The zero-order valence-electron chi connectivity index (χ0n) is 10.5. The molecule has 0 aliphatic rings. The van der Waals surface area contributed by atoms with Gasteiger partial charge in [-0.25, -0.2) is 4.79 Å². The summed E-state index contributed by atoms with van der Waals surface area (Å²) >= 11 is 0. The zero-order valence-corrected chi connectivity index (χ0v) is 10.5. The van der Waals surface area contributed by atoms with Gasteiger partial charge in [-0.2, -0.15) is 0 Å². The zero-order chi connectivity index (χ0) is 13.1. The number of carboxylic acid groups (broad SMARTS) is 1. The van der Waals surface area contributed by atoms with Gasteiger partial charge in [0.1, 0.15) is 0 Å². The molecule has 0 heterocycles. The maximum atomic E-state index is 11.4. The van der Waals surface area contributed by atoms with Gasteiger partial charge >= 0.3 is 12.0 Å². The molecule has 0 aliphatic heterocycles. The van der Waals surface area contributed by atoms with Crippen molar-refractivity contribution >= 4 is 12.0 Å². The first-order valence-electron chi connectivity index (χ1n) is 5.85. The van der Waals surface area contributed by atoms with Crippen molar-refractivity contribution in [1.29, 1.82) is 0 Å². The van der Waals surface area contributed by atoms with Crippen LogP contribution in [0.3, 0.4) is 0 Å². The van der Waals surface area contributed by atoms with Gasteiger partial charge in [0.05, 0.1) is 6.42 Å². The first kappa shape index (κ1) is 15.7. The summed E-state index contributed by atoms with van der Waals surface area (Å²) in [6.45, 7) is 3.09. The maximum absolute atomic E-state index is 11.4. The second kappa shape index (κ2) is 9.89. The second-order valence-corrected chi connectivity index (χ2v) is 3.80. The highest BCUT2D eigenvalue weighted by molar-refractivity contribution is 5.75. The monoisotopic (exact) mass is 246 g/mol. The van der Waals surface area contributed by atoms with Crippen molar-refractivity contribution in [2.24, 2.45) is 0 Å². The molecule has 0 rings (SSSR count). The Bertz CT molecular complexity index is 234. The number of carbonyl (C=O) groups is 2. The minimum atomic E-state index is -0.905. The van der Waals surface area contributed by atoms with E-state index in [-0.39, 0.29) is 18.5 Å². The third-order valence-corrected chi connectivity index (χ3v) is 2.31. The van der Waals surface area contributed by atoms with Crippen LogP contribution in [0.4, 0.5) is 4.79 Å². The molecule has 1 unspecified atom stereocenters. The van der Waals surface area contributed by atoms with Crippen molar-refractivity contribution in [2.45, 2.75) is 38.6 Å². The molecule has 2 amide bonds. The van der Waals surface area contributed by atoms with Crippen molar-refractivity contribution in [2.75, 3.05) is 20.3 Å². The van der Waals surface area contributed by atoms with Crippen LogP contribution in [0.5, 0.6) is 0 Å². The molecule has 0 saturated carbocycles. The lowest BCUT2D eigenvalue weighted by molar-refractivity contribution is -0.137. The Morgan fingerprint density at radius 1 is 1.35 bits per heavy atom. The van der Waals surface area contributed by atoms with Gasteiger partial charge in [-0.05, 0) is 19.3 Å². The number of aliphatic carboxylic acids is 1. The highest BCUT2D eigenvalue weighted by atomic mass is 16.5. The van der Waals surface area contributed by atoms with Gasteiger partial charge in [0.15, 0.2) is 0 Å². The summed E-state index contributed by atoms with van der Waals surface area (Å²) in [6.07, 6.45) is 2.29. The van der Waals surface area contributed by atoms with Gasteiger partial charge < -0.3 is 20.5 Å². The summed E-state index contributed by atoms with van der Waals surface area (Å²) in [5.41, 5.74) is 0. The van der Waals surface area contributed by atoms with Gasteiger partial charge in [0.2, 0.25) is 0 Å². The molecule has 0 saturated heterocycles. The van der Waals surface area contributed by atoms with Crippen LogP contribution in [0.25, 0.3) is 0 Å². The number of ether oxygens (including phenoxy) is 1. The van der Waals surface area contributed by atoms with Gasteiger partial charge in [0, 0.05) is 26.3 Å². The Morgan fingerprint density at radius 2 is 2.06 bits per heavy atom. The normalized spacial score (nSPS) is 11.9. The van der Waals surface area contributed by atoms with E-state index in [0.717, 1.165) is 12.8 Å². The minimum Gasteiger partial charge on any atom is -0.481 e. The number of hydrogen-bond donors (Lipinski definition) is 3. The molecule has 0 aromatic carbocycles. The highest BCUT2D eigenvalue weighted by Crippen LogP contribution is 1.97. The topological polar surface area (TPSA) is 87.7 Å². The molecule has 6 heteroatoms. The van der Waals surface area contributed by atoms with Crippen LogP contribution in [0, 0.1) is 0 Å². The van der Waals surface area contributed by atoms with Crippen LogP contribution >= 0.6 is 0 Å². The number of unbranched alkanes of at least 4 members (excludes halogenated alkanes) is 1. The maximum Gasteiger partial charge on any atom is 0.315 e. The molecule has 0 aromatic rings. The first-order valence-corrected chi connectivity index (χ1v) is 5.85. The third kappa shape index (κ3) is 9.62. The molecular weight excluding hydrogens is 224 g/mol. The average Bonchev–Trinajstić information content (AvgIpc) is 2.27. The lowest BCUT2D eigenvalue weighted by atomic mass is 10.1. The van der Waals surface area contributed by atoms with E-state index >= 15 is 0 Å². The van der Waals surface area contributed by atoms with E-state index < -0.39 is 5.97 Å². The van der Waals surface area contributed by atoms with E-state index in [1.807, 2.05) is 6.92 Å². The number of amides is 2. The predicted octanol–water partition coefficient (Wildman–Crippen LogP) is 0.965. The molecule has 3 N–H and O–H groups in total. The van der Waals surface area contributed by atoms with Gasteiger partial charge in [-0.15, -0.1) is 0 Å². The summed E-state index contributed by atoms with van der Waals surface area (Å²) in [4.78, 5) is 21.9. The van der Waals surface area contributed by atoms with Crippen LogP contribution in [0.1, 0.15) is 32.6 Å². The number of urea groups is 1. The van der Waals surface area contributed by atoms with E-state index in [1.165, 1.54) is 0 Å². The smallest absolute Gasteiger partial charge is 0.315 e. The molecule has 6 nitrogen and oxygen atoms in total. The minimum absolute atomic E-state index is 0.0480. The number of carbonyl (C=O) groups excluding carboxylic acids is 1. The molecule has 0 aromatic heterocycles. The van der Waals surface area contributed by atoms with Crippen molar-refractivity contribution in [3.8, 4) is 0 Å². The van der Waals surface area contributed by atoms with Crippen LogP contribution < -0.4 is 10.6 Å². The average molecular weight is 246 g/mol. The summed E-state index contributed by atoms with van der Waals surface area (Å²) < 4.78 is 4.88. The molecule has 0 spiro atoms. The van der Waals surface area contributed by atoms with E-state index in [4.69, 9.17) is 9.84 Å². The van der Waals surface area contributed by atoms with Crippen LogP contribution in [0.2, 0.25) is 0 Å². The molecule has 0 aliphatic carbocycles. The quantitative estimate of drug-likeness (QED) is 0.529. The third-order valence-electron chi connectivity index (χ3n) is 2.31. The molecule has 0 bridgehead atoms. The fourth-order valence-electron chi connectivity index (χ4n) is 1.32. The Balaban J connectivity index is 3.64. The van der Waals surface area contributed by atoms with Crippen molar-refractivity contribution in [3.63, 3.8) is 0 Å². The van der Waals surface area contributed by atoms with Crippen molar-refractivity contribution in [1.82, 2.24) is 10.6 Å². The van der Waals surface area contributed by atoms with Gasteiger partial charge in [-0.1, -0.05) is 6.92 Å². The Morgan fingerprint density at radius 3 is 2.59 bits per heavy atom. The molecule has 100 valence electrons. The van der Waals surface area contributed by atoms with E-state index in [9.17, 15) is 9.59 Å². The first-order chi connectivity index (χ1) is 8.10. The fourth-order valence-corrected chi connectivity index (χ4v) is 1.32. The SMILES string of the molecule is CCC(CC(=O)O)NC(=O)NCCCCOC. The molecule has 0 radical (unpaired) electrons. The summed E-state index contributed by atoms with van der Waals surface area (Å²) in [5.74, 6) is -0.905. The number of nitrogens with one attached hydrogen (secondary N) is 2. The molecule has 17 heavy (non-hydrogen) atoms. The number of methoxy groups -OCH3 is 1. The van der Waals surface area contributed by atoms with E-state index in [1.54, 1.807) is 7.11 Å².